The number of amides is 1. The number of primary amides is 1. The molecular weight excluding hydrogens is 180 g/mol. The van der Waals surface area contributed by atoms with Gasteiger partial charge in [-0.25, -0.2) is 4.98 Å². The molecule has 0 aliphatic heterocycles. The summed E-state index contributed by atoms with van der Waals surface area (Å²) in [6.45, 7) is 1.63. The molecule has 1 amide bonds. The molecule has 1 aromatic rings. The van der Waals surface area contributed by atoms with Crippen molar-refractivity contribution in [1.82, 2.24) is 4.98 Å². The van der Waals surface area contributed by atoms with Gasteiger partial charge in [-0.1, -0.05) is 0 Å². The van der Waals surface area contributed by atoms with Gasteiger partial charge in [0.1, 0.15) is 11.9 Å². The van der Waals surface area contributed by atoms with Crippen LogP contribution in [0.3, 0.4) is 0 Å². The van der Waals surface area contributed by atoms with Crippen LogP contribution >= 0.6 is 0 Å². The van der Waals surface area contributed by atoms with Crippen molar-refractivity contribution in [3.8, 4) is 6.07 Å². The maximum Gasteiger partial charge on any atom is 0.239 e. The van der Waals surface area contributed by atoms with E-state index in [1.165, 1.54) is 6.20 Å². The fourth-order valence-corrected chi connectivity index (χ4v) is 0.872. The molecule has 0 aromatic carbocycles. The summed E-state index contributed by atoms with van der Waals surface area (Å²) in [6.07, 6.45) is 1.49. The van der Waals surface area contributed by atoms with Gasteiger partial charge in [0.2, 0.25) is 5.91 Å². The van der Waals surface area contributed by atoms with Gasteiger partial charge in [0, 0.05) is 6.20 Å². The zero-order chi connectivity index (χ0) is 10.6. The highest BCUT2D eigenvalue weighted by atomic mass is 16.1. The molecule has 5 heteroatoms. The highest BCUT2D eigenvalue weighted by Crippen LogP contribution is 2.06. The minimum atomic E-state index is -0.503. The Morgan fingerprint density at radius 2 is 2.50 bits per heavy atom. The summed E-state index contributed by atoms with van der Waals surface area (Å²) >= 11 is 0. The van der Waals surface area contributed by atoms with Crippen LogP contribution in [0.4, 0.5) is 5.82 Å². The lowest BCUT2D eigenvalue weighted by molar-refractivity contribution is -0.118. The monoisotopic (exact) mass is 190 g/mol. The van der Waals surface area contributed by atoms with Gasteiger partial charge in [-0.3, -0.25) is 4.79 Å². The third kappa shape index (κ3) is 2.45. The van der Waals surface area contributed by atoms with Crippen LogP contribution in [0.25, 0.3) is 0 Å². The van der Waals surface area contributed by atoms with Crippen LogP contribution in [0.5, 0.6) is 0 Å². The van der Waals surface area contributed by atoms with Crippen molar-refractivity contribution >= 4 is 11.7 Å². The Morgan fingerprint density at radius 3 is 3.07 bits per heavy atom. The molecule has 0 radical (unpaired) electrons. The molecule has 0 aliphatic carbocycles. The molecule has 0 saturated carbocycles. The molecular formula is C9H10N4O. The van der Waals surface area contributed by atoms with E-state index in [2.05, 4.69) is 10.3 Å². The van der Waals surface area contributed by atoms with Crippen molar-refractivity contribution in [3.05, 3.63) is 23.9 Å². The molecule has 5 nitrogen and oxygen atoms in total. The van der Waals surface area contributed by atoms with Crippen molar-refractivity contribution in [3.63, 3.8) is 0 Å². The van der Waals surface area contributed by atoms with E-state index in [4.69, 9.17) is 11.0 Å². The van der Waals surface area contributed by atoms with Gasteiger partial charge in [-0.05, 0) is 19.1 Å². The van der Waals surface area contributed by atoms with E-state index in [9.17, 15) is 4.79 Å². The number of anilines is 1. The van der Waals surface area contributed by atoms with Gasteiger partial charge in [0.05, 0.1) is 11.6 Å². The normalized spacial score (nSPS) is 11.4. The Hall–Kier alpha value is -2.09. The lowest BCUT2D eigenvalue weighted by atomic mass is 10.2. The first kappa shape index (κ1) is 9.99. The maximum absolute atomic E-state index is 10.7. The van der Waals surface area contributed by atoms with Gasteiger partial charge in [-0.2, -0.15) is 5.26 Å². The molecule has 1 aromatic heterocycles. The van der Waals surface area contributed by atoms with Crippen molar-refractivity contribution < 1.29 is 4.79 Å². The summed E-state index contributed by atoms with van der Waals surface area (Å²) in [6, 6.07) is 4.61. The lowest BCUT2D eigenvalue weighted by Crippen LogP contribution is -2.32. The second-order valence-electron chi connectivity index (χ2n) is 2.81. The van der Waals surface area contributed by atoms with Gasteiger partial charge in [0.15, 0.2) is 0 Å². The van der Waals surface area contributed by atoms with E-state index < -0.39 is 11.9 Å². The van der Waals surface area contributed by atoms with Crippen LogP contribution in [-0.4, -0.2) is 16.9 Å². The highest BCUT2D eigenvalue weighted by Gasteiger charge is 2.08. The molecule has 1 rings (SSSR count). The number of pyridine rings is 1. The first-order chi connectivity index (χ1) is 6.63. The van der Waals surface area contributed by atoms with Crippen molar-refractivity contribution in [1.29, 1.82) is 5.26 Å². The Balaban J connectivity index is 2.78. The summed E-state index contributed by atoms with van der Waals surface area (Å²) < 4.78 is 0. The summed E-state index contributed by atoms with van der Waals surface area (Å²) in [5.74, 6) is 0.00418. The number of hydrogen-bond donors (Lipinski definition) is 2. The number of rotatable bonds is 3. The SMILES string of the molecule is CC(Nc1cc(C#N)ccn1)C(N)=O. The molecule has 1 unspecified atom stereocenters. The molecule has 0 bridgehead atoms. The van der Waals surface area contributed by atoms with E-state index >= 15 is 0 Å². The van der Waals surface area contributed by atoms with Crippen LogP contribution in [0.2, 0.25) is 0 Å². The van der Waals surface area contributed by atoms with Gasteiger partial charge in [0.25, 0.3) is 0 Å². The fraction of sp³-hybridized carbons (Fsp3) is 0.222. The van der Waals surface area contributed by atoms with Gasteiger partial charge >= 0.3 is 0 Å². The Kier molecular flexibility index (Phi) is 3.02. The Morgan fingerprint density at radius 1 is 1.79 bits per heavy atom. The first-order valence-electron chi connectivity index (χ1n) is 4.05. The molecule has 0 saturated heterocycles. The third-order valence-corrected chi connectivity index (χ3v) is 1.68. The smallest absolute Gasteiger partial charge is 0.239 e. The number of aromatic nitrogens is 1. The van der Waals surface area contributed by atoms with Crippen LogP contribution in [-0.2, 0) is 4.79 Å². The second-order valence-corrected chi connectivity index (χ2v) is 2.81. The van der Waals surface area contributed by atoms with E-state index in [0.29, 0.717) is 11.4 Å². The number of nitriles is 1. The lowest BCUT2D eigenvalue weighted by Gasteiger charge is -2.09. The number of nitrogens with one attached hydrogen (secondary N) is 1. The molecule has 1 atom stereocenters. The largest absolute Gasteiger partial charge is 0.368 e. The fourth-order valence-electron chi connectivity index (χ4n) is 0.872. The zero-order valence-corrected chi connectivity index (χ0v) is 7.69. The van der Waals surface area contributed by atoms with Crippen molar-refractivity contribution in [2.24, 2.45) is 5.73 Å². The summed E-state index contributed by atoms with van der Waals surface area (Å²) in [7, 11) is 0. The van der Waals surface area contributed by atoms with Crippen molar-refractivity contribution in [2.45, 2.75) is 13.0 Å². The second kappa shape index (κ2) is 4.23. The van der Waals surface area contributed by atoms with Crippen LogP contribution < -0.4 is 11.1 Å². The number of nitrogens with two attached hydrogens (primary N) is 1. The van der Waals surface area contributed by atoms with Crippen LogP contribution in [0.15, 0.2) is 18.3 Å². The first-order valence-corrected chi connectivity index (χ1v) is 4.05. The molecule has 0 aliphatic rings. The topological polar surface area (TPSA) is 91.8 Å². The standard InChI is InChI=1S/C9H10N4O/c1-6(9(11)14)13-8-4-7(5-10)2-3-12-8/h2-4,6H,1H3,(H2,11,14)(H,12,13). The summed E-state index contributed by atoms with van der Waals surface area (Å²) in [5, 5.41) is 11.4. The van der Waals surface area contributed by atoms with E-state index in [0.717, 1.165) is 0 Å². The predicted molar refractivity (Wildman–Crippen MR) is 51.2 cm³/mol. The molecule has 14 heavy (non-hydrogen) atoms. The Labute approximate surface area is 81.6 Å². The number of hydrogen-bond acceptors (Lipinski definition) is 4. The summed E-state index contributed by atoms with van der Waals surface area (Å²) in [5.41, 5.74) is 5.55. The highest BCUT2D eigenvalue weighted by molar-refractivity contribution is 5.82. The van der Waals surface area contributed by atoms with Gasteiger partial charge in [-0.15, -0.1) is 0 Å². The minimum Gasteiger partial charge on any atom is -0.368 e. The Bertz CT molecular complexity index is 383. The zero-order valence-electron chi connectivity index (χ0n) is 7.69. The van der Waals surface area contributed by atoms with Gasteiger partial charge < -0.3 is 11.1 Å². The predicted octanol–water partition coefficient (Wildman–Crippen LogP) is 0.239. The average molecular weight is 190 g/mol. The third-order valence-electron chi connectivity index (χ3n) is 1.68. The molecule has 0 spiro atoms. The molecule has 3 N–H and O–H groups in total. The quantitative estimate of drug-likeness (QED) is 0.714. The number of carbonyl (C=O) groups is 1. The van der Waals surface area contributed by atoms with E-state index in [1.807, 2.05) is 6.07 Å². The minimum absolute atomic E-state index is 0.464. The van der Waals surface area contributed by atoms with Crippen LogP contribution in [0, 0.1) is 11.3 Å². The summed E-state index contributed by atoms with van der Waals surface area (Å²) in [4.78, 5) is 14.7. The van der Waals surface area contributed by atoms with E-state index in [1.54, 1.807) is 19.1 Å². The average Bonchev–Trinajstić information content (AvgIpc) is 2.18. The van der Waals surface area contributed by atoms with E-state index in [-0.39, 0.29) is 0 Å². The number of carbonyl (C=O) groups excluding carboxylic acids is 1. The molecule has 0 fully saturated rings. The van der Waals surface area contributed by atoms with Crippen molar-refractivity contribution in [2.75, 3.05) is 5.32 Å². The molecule has 72 valence electrons. The number of nitrogens with zero attached hydrogens (tertiary/aromatic N) is 2. The molecule has 1 heterocycles. The van der Waals surface area contributed by atoms with Crippen LogP contribution in [0.1, 0.15) is 12.5 Å². The maximum atomic E-state index is 10.7.